The Kier molecular flexibility index (Phi) is 3.61. The minimum absolute atomic E-state index is 0.0453. The smallest absolute Gasteiger partial charge is 0.225 e. The Morgan fingerprint density at radius 3 is 2.61 bits per heavy atom. The van der Waals surface area contributed by atoms with Crippen LogP contribution in [0.5, 0.6) is 0 Å². The summed E-state index contributed by atoms with van der Waals surface area (Å²) < 4.78 is 0. The van der Waals surface area contributed by atoms with Crippen LogP contribution >= 0.6 is 0 Å². The van der Waals surface area contributed by atoms with Gasteiger partial charge in [0.25, 0.3) is 0 Å². The van der Waals surface area contributed by atoms with Crippen LogP contribution in [0, 0.1) is 11.3 Å². The van der Waals surface area contributed by atoms with Gasteiger partial charge in [0, 0.05) is 25.0 Å². The molecule has 5 heteroatoms. The number of hydrogen-bond donors (Lipinski definition) is 2. The van der Waals surface area contributed by atoms with E-state index in [1.54, 1.807) is 4.90 Å². The van der Waals surface area contributed by atoms with Crippen molar-refractivity contribution >= 4 is 11.8 Å². The fraction of sp³-hybridized carbons (Fsp3) is 0.846. The second-order valence-electron chi connectivity index (χ2n) is 6.06. The van der Waals surface area contributed by atoms with Crippen molar-refractivity contribution in [2.75, 3.05) is 13.1 Å². The van der Waals surface area contributed by atoms with Crippen molar-refractivity contribution in [1.29, 1.82) is 0 Å². The lowest BCUT2D eigenvalue weighted by atomic mass is 9.85. The van der Waals surface area contributed by atoms with E-state index in [4.69, 9.17) is 11.5 Å². The van der Waals surface area contributed by atoms with Crippen molar-refractivity contribution in [3.63, 3.8) is 0 Å². The Morgan fingerprint density at radius 2 is 2.06 bits per heavy atom. The Balaban J connectivity index is 1.97. The molecule has 5 nitrogen and oxygen atoms in total. The zero-order valence-electron chi connectivity index (χ0n) is 11.0. The largest absolute Gasteiger partial charge is 0.369 e. The summed E-state index contributed by atoms with van der Waals surface area (Å²) in [6, 6.07) is 0.151. The summed E-state index contributed by atoms with van der Waals surface area (Å²) in [6.07, 6.45) is 4.42. The first kappa shape index (κ1) is 13.3. The first-order chi connectivity index (χ1) is 8.42. The Labute approximate surface area is 108 Å². The average molecular weight is 253 g/mol. The van der Waals surface area contributed by atoms with Gasteiger partial charge in [0.15, 0.2) is 0 Å². The van der Waals surface area contributed by atoms with Gasteiger partial charge in [-0.3, -0.25) is 9.59 Å². The van der Waals surface area contributed by atoms with Gasteiger partial charge in [0.2, 0.25) is 11.8 Å². The first-order valence-corrected chi connectivity index (χ1v) is 6.77. The number of rotatable bonds is 2. The molecule has 1 heterocycles. The summed E-state index contributed by atoms with van der Waals surface area (Å²) in [4.78, 5) is 25.6. The van der Waals surface area contributed by atoms with E-state index < -0.39 is 5.41 Å². The number of hydrogen-bond acceptors (Lipinski definition) is 3. The molecule has 3 unspecified atom stereocenters. The molecule has 2 amide bonds. The van der Waals surface area contributed by atoms with E-state index >= 15 is 0 Å². The molecule has 2 aliphatic rings. The fourth-order valence-electron chi connectivity index (χ4n) is 3.06. The standard InChI is InChI=1S/C13H23N3O2/c1-13(12(15)18)5-6-16(8-13)11(17)9-3-2-4-10(14)7-9/h9-10H,2-8,14H2,1H3,(H2,15,18). The van der Waals surface area contributed by atoms with Crippen LogP contribution in [0.4, 0.5) is 0 Å². The maximum Gasteiger partial charge on any atom is 0.225 e. The number of carbonyl (C=O) groups excluding carboxylic acids is 2. The Morgan fingerprint density at radius 1 is 1.33 bits per heavy atom. The number of nitrogens with zero attached hydrogens (tertiary/aromatic N) is 1. The molecule has 1 saturated carbocycles. The molecule has 1 aliphatic carbocycles. The van der Waals surface area contributed by atoms with Gasteiger partial charge >= 0.3 is 0 Å². The predicted octanol–water partition coefficient (Wildman–Crippen LogP) is 0.228. The molecule has 102 valence electrons. The van der Waals surface area contributed by atoms with Crippen LogP contribution in [0.1, 0.15) is 39.0 Å². The topological polar surface area (TPSA) is 89.4 Å². The molecule has 4 N–H and O–H groups in total. The molecule has 0 spiro atoms. The maximum atomic E-state index is 12.4. The molecule has 0 radical (unpaired) electrons. The molecular weight excluding hydrogens is 230 g/mol. The molecule has 18 heavy (non-hydrogen) atoms. The molecular formula is C13H23N3O2. The van der Waals surface area contributed by atoms with Crippen LogP contribution < -0.4 is 11.5 Å². The Bertz CT molecular complexity index is 358. The van der Waals surface area contributed by atoms with Crippen LogP contribution in [0.15, 0.2) is 0 Å². The third-order valence-corrected chi connectivity index (χ3v) is 4.44. The van der Waals surface area contributed by atoms with E-state index in [9.17, 15) is 9.59 Å². The van der Waals surface area contributed by atoms with E-state index in [1.165, 1.54) is 0 Å². The molecule has 0 bridgehead atoms. The molecule has 1 aliphatic heterocycles. The quantitative estimate of drug-likeness (QED) is 0.738. The van der Waals surface area contributed by atoms with Crippen LogP contribution in [0.25, 0.3) is 0 Å². The summed E-state index contributed by atoms with van der Waals surface area (Å²) in [5, 5.41) is 0. The highest BCUT2D eigenvalue weighted by atomic mass is 16.2. The lowest BCUT2D eigenvalue weighted by molar-refractivity contribution is -0.136. The van der Waals surface area contributed by atoms with Crippen molar-refractivity contribution in [3.05, 3.63) is 0 Å². The van der Waals surface area contributed by atoms with Crippen molar-refractivity contribution in [2.45, 2.75) is 45.1 Å². The maximum absolute atomic E-state index is 12.4. The predicted molar refractivity (Wildman–Crippen MR) is 68.4 cm³/mol. The number of nitrogens with two attached hydrogens (primary N) is 2. The summed E-state index contributed by atoms with van der Waals surface area (Å²) in [6.45, 7) is 2.95. The molecule has 0 aromatic rings. The third kappa shape index (κ3) is 2.51. The molecule has 3 atom stereocenters. The molecule has 0 aromatic heterocycles. The lowest BCUT2D eigenvalue weighted by Gasteiger charge is -2.30. The van der Waals surface area contributed by atoms with Gasteiger partial charge < -0.3 is 16.4 Å². The zero-order valence-corrected chi connectivity index (χ0v) is 11.0. The van der Waals surface area contributed by atoms with Gasteiger partial charge in [0.05, 0.1) is 5.41 Å². The summed E-state index contributed by atoms with van der Waals surface area (Å²) >= 11 is 0. The minimum atomic E-state index is -0.549. The van der Waals surface area contributed by atoms with Crippen molar-refractivity contribution in [2.24, 2.45) is 22.8 Å². The van der Waals surface area contributed by atoms with E-state index in [-0.39, 0.29) is 23.8 Å². The summed E-state index contributed by atoms with van der Waals surface area (Å²) in [5.41, 5.74) is 10.8. The highest BCUT2D eigenvalue weighted by Crippen LogP contribution is 2.32. The van der Waals surface area contributed by atoms with E-state index in [0.29, 0.717) is 19.5 Å². The number of primary amides is 1. The monoisotopic (exact) mass is 253 g/mol. The Hall–Kier alpha value is -1.10. The average Bonchev–Trinajstić information content (AvgIpc) is 2.72. The number of carbonyl (C=O) groups is 2. The lowest BCUT2D eigenvalue weighted by Crippen LogP contribution is -2.42. The molecule has 2 fully saturated rings. The van der Waals surface area contributed by atoms with E-state index in [1.807, 2.05) is 6.92 Å². The van der Waals surface area contributed by atoms with Crippen LogP contribution in [-0.4, -0.2) is 35.8 Å². The highest BCUT2D eigenvalue weighted by molar-refractivity contribution is 5.84. The normalized spacial score (nSPS) is 36.7. The van der Waals surface area contributed by atoms with Crippen molar-refractivity contribution in [3.8, 4) is 0 Å². The second-order valence-corrected chi connectivity index (χ2v) is 6.06. The van der Waals surface area contributed by atoms with Crippen LogP contribution in [-0.2, 0) is 9.59 Å². The van der Waals surface area contributed by atoms with Gasteiger partial charge in [-0.1, -0.05) is 6.42 Å². The third-order valence-electron chi connectivity index (χ3n) is 4.44. The second kappa shape index (κ2) is 4.88. The molecule has 0 aromatic carbocycles. The van der Waals surface area contributed by atoms with E-state index in [0.717, 1.165) is 25.7 Å². The summed E-state index contributed by atoms with van der Waals surface area (Å²) in [7, 11) is 0. The number of amides is 2. The molecule has 2 rings (SSSR count). The number of likely N-dealkylation sites (tertiary alicyclic amines) is 1. The SMILES string of the molecule is CC1(C(N)=O)CCN(C(=O)C2CCCC(N)C2)C1. The van der Waals surface area contributed by atoms with Crippen LogP contribution in [0.3, 0.4) is 0 Å². The fourth-order valence-corrected chi connectivity index (χ4v) is 3.06. The van der Waals surface area contributed by atoms with Gasteiger partial charge in [0.1, 0.15) is 0 Å². The van der Waals surface area contributed by atoms with Crippen LogP contribution in [0.2, 0.25) is 0 Å². The van der Waals surface area contributed by atoms with Gasteiger partial charge in [-0.25, -0.2) is 0 Å². The summed E-state index contributed by atoms with van der Waals surface area (Å²) in [5.74, 6) is -0.0998. The van der Waals surface area contributed by atoms with Gasteiger partial charge in [-0.05, 0) is 32.6 Å². The molecule has 1 saturated heterocycles. The van der Waals surface area contributed by atoms with Crippen molar-refractivity contribution in [1.82, 2.24) is 4.90 Å². The highest BCUT2D eigenvalue weighted by Gasteiger charge is 2.42. The minimum Gasteiger partial charge on any atom is -0.369 e. The first-order valence-electron chi connectivity index (χ1n) is 6.77. The van der Waals surface area contributed by atoms with Gasteiger partial charge in [-0.15, -0.1) is 0 Å². The van der Waals surface area contributed by atoms with E-state index in [2.05, 4.69) is 0 Å². The van der Waals surface area contributed by atoms with Gasteiger partial charge in [-0.2, -0.15) is 0 Å². The van der Waals surface area contributed by atoms with Crippen molar-refractivity contribution < 1.29 is 9.59 Å². The zero-order chi connectivity index (χ0) is 13.3.